The summed E-state index contributed by atoms with van der Waals surface area (Å²) in [6.45, 7) is 8.00. The minimum Gasteiger partial charge on any atom is -0.264 e. The van der Waals surface area contributed by atoms with Crippen LogP contribution in [0.3, 0.4) is 0 Å². The van der Waals surface area contributed by atoms with Crippen LogP contribution in [0.1, 0.15) is 27.7 Å². The van der Waals surface area contributed by atoms with E-state index >= 15 is 0 Å². The third-order valence-corrected chi connectivity index (χ3v) is 7.98. The number of hydrogen-bond acceptors (Lipinski definition) is 3. The van der Waals surface area contributed by atoms with Crippen LogP contribution in [-0.2, 0) is 0 Å². The molecule has 0 unspecified atom stereocenters. The standard InChI is InChI=1S/C39H26BrN3.2C2H6/c40-39-22-38(25-43-26-39)32-11-3-10-31(18-32)37-20-35(29-8-1-6-27(16-29)33-12-4-14-41-23-33)19-36(21-37)30-9-2-7-28(17-30)34-13-5-15-42-24-34;2*1-2/h1-26H;2*1-2H3. The fraction of sp³-hybridized carbons (Fsp3) is 0.0930. The molecule has 0 spiro atoms. The predicted octanol–water partition coefficient (Wildman–Crippen LogP) is 12.7. The highest BCUT2D eigenvalue weighted by Crippen LogP contribution is 2.36. The lowest BCUT2D eigenvalue weighted by Crippen LogP contribution is -1.89. The Kier molecular flexibility index (Phi) is 11.6. The molecule has 3 aromatic heterocycles. The largest absolute Gasteiger partial charge is 0.264 e. The van der Waals surface area contributed by atoms with Crippen LogP contribution >= 0.6 is 15.9 Å². The van der Waals surface area contributed by atoms with Crippen molar-refractivity contribution in [2.75, 3.05) is 0 Å². The van der Waals surface area contributed by atoms with E-state index in [1.165, 1.54) is 0 Å². The molecule has 232 valence electrons. The van der Waals surface area contributed by atoms with Gasteiger partial charge < -0.3 is 0 Å². The lowest BCUT2D eigenvalue weighted by Gasteiger charge is -2.14. The Balaban J connectivity index is 0.00000105. The van der Waals surface area contributed by atoms with E-state index in [1.807, 2.05) is 64.6 Å². The van der Waals surface area contributed by atoms with Gasteiger partial charge in [-0.2, -0.15) is 0 Å². The number of aromatic nitrogens is 3. The molecule has 4 heteroatoms. The summed E-state index contributed by atoms with van der Waals surface area (Å²) < 4.78 is 0.960. The summed E-state index contributed by atoms with van der Waals surface area (Å²) in [7, 11) is 0. The number of benzene rings is 4. The molecule has 0 saturated heterocycles. The van der Waals surface area contributed by atoms with E-state index in [-0.39, 0.29) is 0 Å². The van der Waals surface area contributed by atoms with Gasteiger partial charge >= 0.3 is 0 Å². The zero-order chi connectivity index (χ0) is 33.0. The minimum absolute atomic E-state index is 0.960. The van der Waals surface area contributed by atoms with Gasteiger partial charge in [-0.05, 0) is 121 Å². The molecule has 0 bridgehead atoms. The molecule has 7 rings (SSSR count). The van der Waals surface area contributed by atoms with Crippen molar-refractivity contribution in [3.8, 4) is 66.8 Å². The fourth-order valence-electron chi connectivity index (χ4n) is 5.40. The van der Waals surface area contributed by atoms with Crippen LogP contribution in [0, 0.1) is 0 Å². The van der Waals surface area contributed by atoms with E-state index in [9.17, 15) is 0 Å². The Morgan fingerprint density at radius 1 is 0.319 bits per heavy atom. The van der Waals surface area contributed by atoms with Crippen molar-refractivity contribution in [2.24, 2.45) is 0 Å². The molecule has 47 heavy (non-hydrogen) atoms. The van der Waals surface area contributed by atoms with Crippen LogP contribution in [0.4, 0.5) is 0 Å². The van der Waals surface area contributed by atoms with Crippen LogP contribution in [-0.4, -0.2) is 15.0 Å². The summed E-state index contributed by atoms with van der Waals surface area (Å²) in [6, 6.07) is 43.1. The van der Waals surface area contributed by atoms with Gasteiger partial charge in [0.2, 0.25) is 0 Å². The zero-order valence-corrected chi connectivity index (χ0v) is 28.8. The minimum atomic E-state index is 0.960. The van der Waals surface area contributed by atoms with Crippen molar-refractivity contribution in [2.45, 2.75) is 27.7 Å². The lowest BCUT2D eigenvalue weighted by atomic mass is 9.91. The topological polar surface area (TPSA) is 38.7 Å². The summed E-state index contributed by atoms with van der Waals surface area (Å²) >= 11 is 3.57. The molecular formula is C43H38BrN3. The highest BCUT2D eigenvalue weighted by Gasteiger charge is 2.11. The van der Waals surface area contributed by atoms with E-state index in [2.05, 4.69) is 140 Å². The Morgan fingerprint density at radius 2 is 0.638 bits per heavy atom. The summed E-state index contributed by atoms with van der Waals surface area (Å²) in [4.78, 5) is 13.0. The monoisotopic (exact) mass is 675 g/mol. The highest BCUT2D eigenvalue weighted by atomic mass is 79.9. The first-order valence-electron chi connectivity index (χ1n) is 16.1. The van der Waals surface area contributed by atoms with Gasteiger partial charge in [0, 0.05) is 58.3 Å². The van der Waals surface area contributed by atoms with Crippen molar-refractivity contribution in [1.29, 1.82) is 0 Å². The number of halogens is 1. The molecule has 0 N–H and O–H groups in total. The van der Waals surface area contributed by atoms with Crippen molar-refractivity contribution in [3.63, 3.8) is 0 Å². The number of nitrogens with zero attached hydrogens (tertiary/aromatic N) is 3. The molecule has 3 nitrogen and oxygen atoms in total. The first-order chi connectivity index (χ1) is 23.2. The van der Waals surface area contributed by atoms with E-state index in [0.29, 0.717) is 0 Å². The van der Waals surface area contributed by atoms with Gasteiger partial charge in [0.25, 0.3) is 0 Å². The molecule has 0 saturated carbocycles. The van der Waals surface area contributed by atoms with Crippen molar-refractivity contribution < 1.29 is 0 Å². The van der Waals surface area contributed by atoms with Gasteiger partial charge in [0.05, 0.1) is 0 Å². The van der Waals surface area contributed by atoms with Crippen LogP contribution in [0.15, 0.2) is 163 Å². The maximum Gasteiger partial charge on any atom is 0.0410 e. The molecule has 0 radical (unpaired) electrons. The maximum absolute atomic E-state index is 4.38. The van der Waals surface area contributed by atoms with Crippen LogP contribution in [0.25, 0.3) is 66.8 Å². The van der Waals surface area contributed by atoms with Gasteiger partial charge in [-0.1, -0.05) is 94.4 Å². The third-order valence-electron chi connectivity index (χ3n) is 7.55. The molecule has 0 aliphatic heterocycles. The SMILES string of the molecule is Brc1cncc(-c2cccc(-c3cc(-c4cccc(-c5cccnc5)c4)cc(-c4cccc(-c5cccnc5)c4)c3)c2)c1.CC.CC. The van der Waals surface area contributed by atoms with Crippen molar-refractivity contribution >= 4 is 15.9 Å². The Labute approximate surface area is 287 Å². The zero-order valence-electron chi connectivity index (χ0n) is 27.2. The van der Waals surface area contributed by atoms with Crippen LogP contribution < -0.4 is 0 Å². The Bertz CT molecular complexity index is 1940. The summed E-state index contributed by atoms with van der Waals surface area (Å²) in [5, 5.41) is 0. The van der Waals surface area contributed by atoms with E-state index in [1.54, 1.807) is 12.4 Å². The lowest BCUT2D eigenvalue weighted by molar-refractivity contribution is 1.31. The molecule has 3 heterocycles. The summed E-state index contributed by atoms with van der Waals surface area (Å²) in [5.74, 6) is 0. The van der Waals surface area contributed by atoms with Crippen LogP contribution in [0.5, 0.6) is 0 Å². The van der Waals surface area contributed by atoms with Crippen LogP contribution in [0.2, 0.25) is 0 Å². The van der Waals surface area contributed by atoms with E-state index < -0.39 is 0 Å². The normalized spacial score (nSPS) is 10.2. The fourth-order valence-corrected chi connectivity index (χ4v) is 5.76. The molecule has 0 amide bonds. The summed E-state index contributed by atoms with van der Waals surface area (Å²) in [5.41, 5.74) is 13.6. The van der Waals surface area contributed by atoms with Gasteiger partial charge in [0.15, 0.2) is 0 Å². The van der Waals surface area contributed by atoms with Crippen molar-refractivity contribution in [1.82, 2.24) is 15.0 Å². The molecule has 0 atom stereocenters. The van der Waals surface area contributed by atoms with Gasteiger partial charge in [0.1, 0.15) is 0 Å². The predicted molar refractivity (Wildman–Crippen MR) is 203 cm³/mol. The average molecular weight is 677 g/mol. The smallest absolute Gasteiger partial charge is 0.0410 e. The second-order valence-electron chi connectivity index (χ2n) is 10.4. The average Bonchev–Trinajstić information content (AvgIpc) is 3.17. The highest BCUT2D eigenvalue weighted by molar-refractivity contribution is 9.10. The summed E-state index contributed by atoms with van der Waals surface area (Å²) in [6.07, 6.45) is 11.1. The maximum atomic E-state index is 4.38. The van der Waals surface area contributed by atoms with Gasteiger partial charge in [-0.25, -0.2) is 0 Å². The molecule has 0 aliphatic rings. The molecule has 0 aliphatic carbocycles. The molecule has 4 aromatic carbocycles. The first kappa shape index (κ1) is 33.2. The second-order valence-corrected chi connectivity index (χ2v) is 11.3. The number of pyridine rings is 3. The number of hydrogen-bond donors (Lipinski definition) is 0. The third kappa shape index (κ3) is 8.16. The van der Waals surface area contributed by atoms with E-state index in [0.717, 1.165) is 71.2 Å². The Hall–Kier alpha value is -5.19. The van der Waals surface area contributed by atoms with Gasteiger partial charge in [-0.15, -0.1) is 0 Å². The van der Waals surface area contributed by atoms with Crippen molar-refractivity contribution in [3.05, 3.63) is 163 Å². The second kappa shape index (κ2) is 16.4. The quantitative estimate of drug-likeness (QED) is 0.176. The Morgan fingerprint density at radius 3 is 1.00 bits per heavy atom. The number of rotatable bonds is 6. The molecular weight excluding hydrogens is 638 g/mol. The van der Waals surface area contributed by atoms with E-state index in [4.69, 9.17) is 0 Å². The molecule has 0 fully saturated rings. The first-order valence-corrected chi connectivity index (χ1v) is 16.9. The molecule has 7 aromatic rings. The van der Waals surface area contributed by atoms with Gasteiger partial charge in [-0.3, -0.25) is 15.0 Å².